The fourth-order valence-corrected chi connectivity index (χ4v) is 5.64. The minimum Gasteiger partial charge on any atom is -0.487 e. The number of thiophene rings is 1. The molecular formula is C25H26N2O2S. The molecule has 1 fully saturated rings. The van der Waals surface area contributed by atoms with E-state index in [-0.39, 0.29) is 6.10 Å². The van der Waals surface area contributed by atoms with E-state index in [2.05, 4.69) is 35.3 Å². The van der Waals surface area contributed by atoms with Crippen LogP contribution in [0.2, 0.25) is 0 Å². The summed E-state index contributed by atoms with van der Waals surface area (Å²) in [6, 6.07) is 20.7. The molecule has 30 heavy (non-hydrogen) atoms. The van der Waals surface area contributed by atoms with Gasteiger partial charge in [-0.1, -0.05) is 43.5 Å². The van der Waals surface area contributed by atoms with Gasteiger partial charge in [-0.3, -0.25) is 4.84 Å². The molecule has 4 nitrogen and oxygen atoms in total. The van der Waals surface area contributed by atoms with Gasteiger partial charge in [-0.2, -0.15) is 0 Å². The number of fused-ring (bicyclic) bond motifs is 2. The number of hydrogen-bond acceptors (Lipinski definition) is 5. The Labute approximate surface area is 180 Å². The number of para-hydroxylation sites is 1. The van der Waals surface area contributed by atoms with E-state index < -0.39 is 0 Å². The molecule has 0 bridgehead atoms. The number of hydrogen-bond donors (Lipinski definition) is 1. The van der Waals surface area contributed by atoms with Gasteiger partial charge in [-0.15, -0.1) is 11.3 Å². The van der Waals surface area contributed by atoms with E-state index >= 15 is 0 Å². The zero-order valence-electron chi connectivity index (χ0n) is 16.9. The SMILES string of the molecule is NOC(c1cc2cc(OCc3ccc4ccccc4n3)ccc2s1)C1CCCCC1. The summed E-state index contributed by atoms with van der Waals surface area (Å²) in [6.07, 6.45) is 6.26. The maximum atomic E-state index is 6.05. The first kappa shape index (κ1) is 19.5. The van der Waals surface area contributed by atoms with Crippen molar-refractivity contribution in [2.24, 2.45) is 11.8 Å². The maximum Gasteiger partial charge on any atom is 0.130 e. The average molecular weight is 419 g/mol. The second-order valence-corrected chi connectivity index (χ2v) is 9.20. The minimum atomic E-state index is -0.00568. The molecule has 2 aromatic carbocycles. The Kier molecular flexibility index (Phi) is 5.67. The van der Waals surface area contributed by atoms with Gasteiger partial charge in [-0.05, 0) is 60.5 Å². The van der Waals surface area contributed by atoms with Gasteiger partial charge in [0.15, 0.2) is 0 Å². The summed E-state index contributed by atoms with van der Waals surface area (Å²) >= 11 is 1.78. The predicted octanol–water partition coefficient (Wildman–Crippen LogP) is 6.54. The Hall–Kier alpha value is -2.47. The lowest BCUT2D eigenvalue weighted by Gasteiger charge is -2.27. The molecule has 0 spiro atoms. The number of nitrogens with two attached hydrogens (primary N) is 1. The Morgan fingerprint density at radius 3 is 2.70 bits per heavy atom. The molecule has 1 saturated carbocycles. The van der Waals surface area contributed by atoms with Crippen molar-refractivity contribution in [1.82, 2.24) is 4.98 Å². The van der Waals surface area contributed by atoms with E-state index in [0.29, 0.717) is 12.5 Å². The van der Waals surface area contributed by atoms with Crippen LogP contribution in [0.15, 0.2) is 60.7 Å². The smallest absolute Gasteiger partial charge is 0.130 e. The van der Waals surface area contributed by atoms with Crippen molar-refractivity contribution in [2.75, 3.05) is 0 Å². The molecule has 2 aromatic heterocycles. The van der Waals surface area contributed by atoms with Crippen molar-refractivity contribution in [3.05, 3.63) is 71.2 Å². The Bertz CT molecular complexity index is 1150. The van der Waals surface area contributed by atoms with Crippen LogP contribution in [-0.2, 0) is 11.4 Å². The largest absolute Gasteiger partial charge is 0.487 e. The molecule has 0 amide bonds. The number of pyridine rings is 1. The van der Waals surface area contributed by atoms with Gasteiger partial charge < -0.3 is 4.74 Å². The zero-order chi connectivity index (χ0) is 20.3. The van der Waals surface area contributed by atoms with E-state index in [1.165, 1.54) is 47.1 Å². The Morgan fingerprint density at radius 1 is 0.967 bits per heavy atom. The first-order valence-electron chi connectivity index (χ1n) is 10.7. The highest BCUT2D eigenvalue weighted by molar-refractivity contribution is 7.19. The fraction of sp³-hybridized carbons (Fsp3) is 0.320. The lowest BCUT2D eigenvalue weighted by Crippen LogP contribution is -2.20. The number of nitrogens with zero attached hydrogens (tertiary/aromatic N) is 1. The lowest BCUT2D eigenvalue weighted by atomic mass is 9.84. The van der Waals surface area contributed by atoms with E-state index in [1.54, 1.807) is 11.3 Å². The lowest BCUT2D eigenvalue weighted by molar-refractivity contribution is -0.000341. The molecule has 0 aliphatic heterocycles. The third kappa shape index (κ3) is 4.06. The van der Waals surface area contributed by atoms with Crippen molar-refractivity contribution >= 4 is 32.3 Å². The van der Waals surface area contributed by atoms with E-state index in [4.69, 9.17) is 15.5 Å². The van der Waals surface area contributed by atoms with Gasteiger partial charge in [0.25, 0.3) is 0 Å². The summed E-state index contributed by atoms with van der Waals surface area (Å²) in [5.74, 6) is 7.09. The summed E-state index contributed by atoms with van der Waals surface area (Å²) in [5, 5.41) is 2.32. The van der Waals surface area contributed by atoms with Gasteiger partial charge in [0.2, 0.25) is 0 Å². The molecule has 0 radical (unpaired) electrons. The predicted molar refractivity (Wildman–Crippen MR) is 122 cm³/mol. The number of benzene rings is 2. The molecular weight excluding hydrogens is 392 g/mol. The average Bonchev–Trinajstić information content (AvgIpc) is 3.21. The van der Waals surface area contributed by atoms with E-state index in [0.717, 1.165) is 22.3 Å². The van der Waals surface area contributed by atoms with E-state index in [9.17, 15) is 0 Å². The monoisotopic (exact) mass is 418 g/mol. The van der Waals surface area contributed by atoms with Crippen LogP contribution < -0.4 is 10.6 Å². The van der Waals surface area contributed by atoms with Crippen LogP contribution in [0.25, 0.3) is 21.0 Å². The number of aromatic nitrogens is 1. The van der Waals surface area contributed by atoms with Crippen LogP contribution in [0.1, 0.15) is 48.8 Å². The quantitative estimate of drug-likeness (QED) is 0.361. The Morgan fingerprint density at radius 2 is 1.83 bits per heavy atom. The second-order valence-electron chi connectivity index (χ2n) is 8.09. The molecule has 1 aliphatic carbocycles. The number of rotatable bonds is 6. The van der Waals surface area contributed by atoms with Crippen LogP contribution in [0.4, 0.5) is 0 Å². The van der Waals surface area contributed by atoms with Gasteiger partial charge >= 0.3 is 0 Å². The Balaban J connectivity index is 1.32. The molecule has 2 N–H and O–H groups in total. The normalized spacial score (nSPS) is 16.2. The maximum absolute atomic E-state index is 6.05. The summed E-state index contributed by atoms with van der Waals surface area (Å²) in [5.41, 5.74) is 1.92. The van der Waals surface area contributed by atoms with E-state index in [1.807, 2.05) is 30.3 Å². The molecule has 1 aliphatic rings. The summed E-state index contributed by atoms with van der Waals surface area (Å²) in [6.45, 7) is 0.448. The van der Waals surface area contributed by atoms with Gasteiger partial charge in [-0.25, -0.2) is 10.9 Å². The second kappa shape index (κ2) is 8.72. The van der Waals surface area contributed by atoms with Crippen LogP contribution in [-0.4, -0.2) is 4.98 Å². The zero-order valence-corrected chi connectivity index (χ0v) is 17.7. The third-order valence-electron chi connectivity index (χ3n) is 6.05. The molecule has 5 rings (SSSR count). The van der Waals surface area contributed by atoms with Crippen molar-refractivity contribution < 1.29 is 9.57 Å². The van der Waals surface area contributed by atoms with Gasteiger partial charge in [0.05, 0.1) is 11.2 Å². The van der Waals surface area contributed by atoms with Crippen LogP contribution in [0.5, 0.6) is 5.75 Å². The van der Waals surface area contributed by atoms with Crippen molar-refractivity contribution in [2.45, 2.75) is 44.8 Å². The number of ether oxygens (including phenoxy) is 1. The summed E-state index contributed by atoms with van der Waals surface area (Å²) in [4.78, 5) is 11.4. The molecule has 5 heteroatoms. The topological polar surface area (TPSA) is 57.4 Å². The summed E-state index contributed by atoms with van der Waals surface area (Å²) < 4.78 is 7.28. The van der Waals surface area contributed by atoms with Crippen molar-refractivity contribution in [1.29, 1.82) is 0 Å². The minimum absolute atomic E-state index is 0.00568. The molecule has 1 atom stereocenters. The van der Waals surface area contributed by atoms with Gasteiger partial charge in [0.1, 0.15) is 18.5 Å². The summed E-state index contributed by atoms with van der Waals surface area (Å²) in [7, 11) is 0. The highest BCUT2D eigenvalue weighted by Crippen LogP contribution is 2.41. The molecule has 0 saturated heterocycles. The molecule has 4 aromatic rings. The highest BCUT2D eigenvalue weighted by Gasteiger charge is 2.27. The van der Waals surface area contributed by atoms with Crippen LogP contribution in [0.3, 0.4) is 0 Å². The fourth-order valence-electron chi connectivity index (χ4n) is 4.47. The first-order valence-corrected chi connectivity index (χ1v) is 11.5. The van der Waals surface area contributed by atoms with Crippen LogP contribution in [0, 0.1) is 5.92 Å². The molecule has 2 heterocycles. The van der Waals surface area contributed by atoms with Crippen molar-refractivity contribution in [3.8, 4) is 5.75 Å². The highest BCUT2D eigenvalue weighted by atomic mass is 32.1. The van der Waals surface area contributed by atoms with Crippen molar-refractivity contribution in [3.63, 3.8) is 0 Å². The molecule has 1 unspecified atom stereocenters. The molecule has 154 valence electrons. The van der Waals surface area contributed by atoms with Crippen LogP contribution >= 0.6 is 11.3 Å². The first-order chi connectivity index (χ1) is 14.8. The standard InChI is InChI=1S/C25H26N2O2S/c26-29-25(18-7-2-1-3-8-18)24-15-19-14-21(12-13-23(19)30-24)28-16-20-11-10-17-6-4-5-9-22(17)27-20/h4-6,9-15,18,25H,1-3,7-8,16,26H2. The van der Waals surface area contributed by atoms with Gasteiger partial charge in [0, 0.05) is 15.0 Å². The third-order valence-corrected chi connectivity index (χ3v) is 7.23.